The average molecular weight is 298 g/mol. The van der Waals surface area contributed by atoms with Gasteiger partial charge >= 0.3 is 0 Å². The molecule has 0 aliphatic carbocycles. The van der Waals surface area contributed by atoms with Gasteiger partial charge in [-0.3, -0.25) is 0 Å². The summed E-state index contributed by atoms with van der Waals surface area (Å²) >= 11 is 0. The Hall–Kier alpha value is -2.30. The summed E-state index contributed by atoms with van der Waals surface area (Å²) in [7, 11) is 1.61. The highest BCUT2D eigenvalue weighted by Crippen LogP contribution is 2.24. The summed E-state index contributed by atoms with van der Waals surface area (Å²) < 4.78 is 5.13. The van der Waals surface area contributed by atoms with E-state index in [0.29, 0.717) is 18.4 Å². The summed E-state index contributed by atoms with van der Waals surface area (Å²) in [4.78, 5) is 11.0. The molecule has 0 unspecified atom stereocenters. The van der Waals surface area contributed by atoms with Gasteiger partial charge in [0, 0.05) is 37.6 Å². The number of piperidine rings is 1. The van der Waals surface area contributed by atoms with Crippen molar-refractivity contribution >= 4 is 11.6 Å². The predicted octanol–water partition coefficient (Wildman–Crippen LogP) is 3.09. The molecule has 0 saturated carbocycles. The van der Waals surface area contributed by atoms with Crippen LogP contribution in [0.4, 0.5) is 11.6 Å². The van der Waals surface area contributed by atoms with Crippen molar-refractivity contribution in [2.75, 3.05) is 30.4 Å². The molecule has 1 fully saturated rings. The molecule has 2 aromatic rings. The maximum Gasteiger partial charge on any atom is 0.226 e. The second-order valence-corrected chi connectivity index (χ2v) is 5.45. The van der Waals surface area contributed by atoms with E-state index in [9.17, 15) is 0 Å². The lowest BCUT2D eigenvalue weighted by Gasteiger charge is -2.30. The van der Waals surface area contributed by atoms with E-state index in [0.717, 1.165) is 13.1 Å². The molecule has 1 aliphatic heterocycles. The topological polar surface area (TPSA) is 50.3 Å². The molecule has 1 saturated heterocycles. The molecule has 1 aliphatic rings. The fraction of sp³-hybridized carbons (Fsp3) is 0.412. The quantitative estimate of drug-likeness (QED) is 0.919. The highest BCUT2D eigenvalue weighted by Gasteiger charge is 2.14. The first kappa shape index (κ1) is 14.6. The standard InChI is InChI=1S/C17H22N4O/c1-22-16-9-10-18-17(20-16)19-13-14-7-3-4-8-15(14)21-11-5-2-6-12-21/h3-4,7-10H,2,5-6,11-13H2,1H3,(H,18,19,20). The van der Waals surface area contributed by atoms with E-state index in [2.05, 4.69) is 44.5 Å². The first-order valence-electron chi connectivity index (χ1n) is 7.80. The highest BCUT2D eigenvalue weighted by molar-refractivity contribution is 5.54. The van der Waals surface area contributed by atoms with Gasteiger partial charge in [-0.05, 0) is 30.9 Å². The number of ether oxygens (including phenoxy) is 1. The van der Waals surface area contributed by atoms with E-state index in [4.69, 9.17) is 4.74 Å². The molecule has 5 heteroatoms. The van der Waals surface area contributed by atoms with Crippen LogP contribution in [-0.2, 0) is 6.54 Å². The van der Waals surface area contributed by atoms with Crippen molar-refractivity contribution in [1.29, 1.82) is 0 Å². The van der Waals surface area contributed by atoms with Crippen LogP contribution in [0.1, 0.15) is 24.8 Å². The molecule has 3 rings (SSSR count). The molecule has 0 radical (unpaired) electrons. The number of methoxy groups -OCH3 is 1. The van der Waals surface area contributed by atoms with Crippen LogP contribution < -0.4 is 15.0 Å². The van der Waals surface area contributed by atoms with Crippen LogP contribution >= 0.6 is 0 Å². The minimum Gasteiger partial charge on any atom is -0.481 e. The molecule has 1 N–H and O–H groups in total. The maximum atomic E-state index is 5.13. The van der Waals surface area contributed by atoms with E-state index in [1.807, 2.05) is 0 Å². The van der Waals surface area contributed by atoms with Crippen LogP contribution in [0.5, 0.6) is 5.88 Å². The fourth-order valence-electron chi connectivity index (χ4n) is 2.82. The zero-order valence-corrected chi connectivity index (χ0v) is 13.0. The second-order valence-electron chi connectivity index (χ2n) is 5.45. The van der Waals surface area contributed by atoms with E-state index in [1.165, 1.54) is 30.5 Å². The summed E-state index contributed by atoms with van der Waals surface area (Å²) in [6.07, 6.45) is 5.60. The molecule has 0 spiro atoms. The van der Waals surface area contributed by atoms with Crippen molar-refractivity contribution < 1.29 is 4.74 Å². The lowest BCUT2D eigenvalue weighted by atomic mass is 10.1. The zero-order valence-electron chi connectivity index (χ0n) is 13.0. The molecule has 22 heavy (non-hydrogen) atoms. The Morgan fingerprint density at radius 1 is 1.14 bits per heavy atom. The third kappa shape index (κ3) is 3.47. The lowest BCUT2D eigenvalue weighted by Crippen LogP contribution is -2.30. The summed E-state index contributed by atoms with van der Waals surface area (Å²) in [5.74, 6) is 1.16. The Labute approximate surface area is 131 Å². The molecular weight excluding hydrogens is 276 g/mol. The van der Waals surface area contributed by atoms with Crippen molar-refractivity contribution in [2.24, 2.45) is 0 Å². The fourth-order valence-corrected chi connectivity index (χ4v) is 2.82. The number of rotatable bonds is 5. The molecule has 0 amide bonds. The maximum absolute atomic E-state index is 5.13. The molecule has 1 aromatic heterocycles. The van der Waals surface area contributed by atoms with Crippen LogP contribution in [0.2, 0.25) is 0 Å². The molecule has 1 aromatic carbocycles. The van der Waals surface area contributed by atoms with Gasteiger partial charge < -0.3 is 15.0 Å². The van der Waals surface area contributed by atoms with Gasteiger partial charge in [-0.1, -0.05) is 18.2 Å². The number of nitrogens with zero attached hydrogens (tertiary/aromatic N) is 3. The normalized spacial score (nSPS) is 14.7. The van der Waals surface area contributed by atoms with Crippen LogP contribution in [-0.4, -0.2) is 30.2 Å². The van der Waals surface area contributed by atoms with Crippen molar-refractivity contribution in [1.82, 2.24) is 9.97 Å². The van der Waals surface area contributed by atoms with Gasteiger partial charge in [0.05, 0.1) is 7.11 Å². The largest absolute Gasteiger partial charge is 0.481 e. The van der Waals surface area contributed by atoms with Gasteiger partial charge in [-0.2, -0.15) is 4.98 Å². The number of benzene rings is 1. The molecule has 0 bridgehead atoms. The lowest BCUT2D eigenvalue weighted by molar-refractivity contribution is 0.397. The number of para-hydroxylation sites is 1. The zero-order chi connectivity index (χ0) is 15.2. The Morgan fingerprint density at radius 3 is 2.77 bits per heavy atom. The Morgan fingerprint density at radius 2 is 1.95 bits per heavy atom. The van der Waals surface area contributed by atoms with Crippen LogP contribution in [0, 0.1) is 0 Å². The van der Waals surface area contributed by atoms with E-state index in [1.54, 1.807) is 19.4 Å². The molecule has 5 nitrogen and oxygen atoms in total. The first-order valence-corrected chi connectivity index (χ1v) is 7.80. The molecule has 116 valence electrons. The average Bonchev–Trinajstić information content (AvgIpc) is 2.61. The summed E-state index contributed by atoms with van der Waals surface area (Å²) in [6, 6.07) is 10.3. The number of aromatic nitrogens is 2. The monoisotopic (exact) mass is 298 g/mol. The van der Waals surface area contributed by atoms with E-state index in [-0.39, 0.29) is 0 Å². The Bertz CT molecular complexity index is 611. The number of hydrogen-bond acceptors (Lipinski definition) is 5. The summed E-state index contributed by atoms with van der Waals surface area (Å²) in [6.45, 7) is 3.00. The summed E-state index contributed by atoms with van der Waals surface area (Å²) in [5, 5.41) is 3.29. The van der Waals surface area contributed by atoms with Crippen molar-refractivity contribution in [3.8, 4) is 5.88 Å². The van der Waals surface area contributed by atoms with E-state index >= 15 is 0 Å². The number of anilines is 2. The van der Waals surface area contributed by atoms with Crippen LogP contribution in [0.25, 0.3) is 0 Å². The molecule has 0 atom stereocenters. The van der Waals surface area contributed by atoms with Gasteiger partial charge in [-0.15, -0.1) is 0 Å². The smallest absolute Gasteiger partial charge is 0.226 e. The number of nitrogens with one attached hydrogen (secondary N) is 1. The molecule has 2 heterocycles. The van der Waals surface area contributed by atoms with Crippen molar-refractivity contribution in [2.45, 2.75) is 25.8 Å². The summed E-state index contributed by atoms with van der Waals surface area (Å²) in [5.41, 5.74) is 2.59. The Balaban J connectivity index is 1.71. The minimum atomic E-state index is 0.571. The molecular formula is C17H22N4O. The van der Waals surface area contributed by atoms with Gasteiger partial charge in [-0.25, -0.2) is 4.98 Å². The van der Waals surface area contributed by atoms with Crippen LogP contribution in [0.15, 0.2) is 36.5 Å². The Kier molecular flexibility index (Phi) is 4.73. The third-order valence-electron chi connectivity index (χ3n) is 3.96. The first-order chi connectivity index (χ1) is 10.9. The SMILES string of the molecule is COc1ccnc(NCc2ccccc2N2CCCCC2)n1. The predicted molar refractivity (Wildman–Crippen MR) is 88.4 cm³/mol. The minimum absolute atomic E-state index is 0.571. The van der Waals surface area contributed by atoms with Crippen molar-refractivity contribution in [3.63, 3.8) is 0 Å². The third-order valence-corrected chi connectivity index (χ3v) is 3.96. The van der Waals surface area contributed by atoms with E-state index < -0.39 is 0 Å². The van der Waals surface area contributed by atoms with Crippen LogP contribution in [0.3, 0.4) is 0 Å². The second kappa shape index (κ2) is 7.11. The van der Waals surface area contributed by atoms with Crippen molar-refractivity contribution in [3.05, 3.63) is 42.1 Å². The number of hydrogen-bond donors (Lipinski definition) is 1. The van der Waals surface area contributed by atoms with Gasteiger partial charge in [0.15, 0.2) is 0 Å². The highest BCUT2D eigenvalue weighted by atomic mass is 16.5. The van der Waals surface area contributed by atoms with Gasteiger partial charge in [0.1, 0.15) is 0 Å². The van der Waals surface area contributed by atoms with Gasteiger partial charge in [0.2, 0.25) is 11.8 Å². The van der Waals surface area contributed by atoms with Gasteiger partial charge in [0.25, 0.3) is 0 Å².